The van der Waals surface area contributed by atoms with Crippen LogP contribution in [0.5, 0.6) is 0 Å². The van der Waals surface area contributed by atoms with E-state index in [0.717, 1.165) is 12.6 Å². The Morgan fingerprint density at radius 1 is 1.70 bits per heavy atom. The van der Waals surface area contributed by atoms with Crippen LogP contribution in [0, 0.1) is 10.1 Å². The summed E-state index contributed by atoms with van der Waals surface area (Å²) in [6.45, 7) is 2.32. The Labute approximate surface area is 120 Å². The molecular formula is C12H14ClN3O4. The Morgan fingerprint density at radius 3 is 2.90 bits per heavy atom. The van der Waals surface area contributed by atoms with Gasteiger partial charge in [0.2, 0.25) is 0 Å². The van der Waals surface area contributed by atoms with Crippen LogP contribution in [0.1, 0.15) is 26.2 Å². The molecule has 1 N–H and O–H groups in total. The fourth-order valence-electron chi connectivity index (χ4n) is 2.65. The van der Waals surface area contributed by atoms with E-state index in [1.165, 1.54) is 6.07 Å². The zero-order valence-electron chi connectivity index (χ0n) is 10.9. The van der Waals surface area contributed by atoms with Gasteiger partial charge < -0.3 is 10.0 Å². The number of aromatic nitrogens is 1. The van der Waals surface area contributed by atoms with Gasteiger partial charge in [0.05, 0.1) is 9.95 Å². The molecule has 20 heavy (non-hydrogen) atoms. The van der Waals surface area contributed by atoms with Crippen LogP contribution in [0.2, 0.25) is 5.02 Å². The predicted molar refractivity (Wildman–Crippen MR) is 73.1 cm³/mol. The molecule has 0 bridgehead atoms. The average Bonchev–Trinajstić information content (AvgIpc) is 2.83. The minimum absolute atomic E-state index is 0.0974. The van der Waals surface area contributed by atoms with Gasteiger partial charge in [-0.15, -0.1) is 0 Å². The molecule has 108 valence electrons. The second kappa shape index (κ2) is 5.24. The van der Waals surface area contributed by atoms with E-state index < -0.39 is 16.4 Å². The minimum Gasteiger partial charge on any atom is -0.479 e. The first-order chi connectivity index (χ1) is 9.42. The summed E-state index contributed by atoms with van der Waals surface area (Å²) in [5.41, 5.74) is -1.25. The minimum atomic E-state index is -1.03. The fraction of sp³-hybridized carbons (Fsp3) is 0.500. The molecule has 1 fully saturated rings. The fourth-order valence-corrected chi connectivity index (χ4v) is 2.91. The van der Waals surface area contributed by atoms with Crippen LogP contribution < -0.4 is 4.90 Å². The van der Waals surface area contributed by atoms with Gasteiger partial charge in [0.25, 0.3) is 5.69 Å². The molecule has 1 unspecified atom stereocenters. The monoisotopic (exact) mass is 299 g/mol. The van der Waals surface area contributed by atoms with Crippen molar-refractivity contribution in [3.63, 3.8) is 0 Å². The van der Waals surface area contributed by atoms with E-state index in [0.29, 0.717) is 25.2 Å². The summed E-state index contributed by atoms with van der Waals surface area (Å²) in [7, 11) is 0. The number of carboxylic acid groups (broad SMARTS) is 1. The second-order valence-corrected chi connectivity index (χ2v) is 5.11. The molecule has 0 saturated carbocycles. The lowest BCUT2D eigenvalue weighted by molar-refractivity contribution is -0.385. The van der Waals surface area contributed by atoms with Crippen LogP contribution in [0.4, 0.5) is 11.5 Å². The summed E-state index contributed by atoms with van der Waals surface area (Å²) < 4.78 is 0. The molecule has 0 radical (unpaired) electrons. The molecule has 1 aliphatic heterocycles. The third-order valence-corrected chi connectivity index (χ3v) is 4.02. The van der Waals surface area contributed by atoms with E-state index in [1.807, 2.05) is 0 Å². The van der Waals surface area contributed by atoms with Gasteiger partial charge in [-0.3, -0.25) is 10.1 Å². The number of carbonyl (C=O) groups is 1. The molecule has 1 aromatic heterocycles. The Balaban J connectivity index is 2.45. The van der Waals surface area contributed by atoms with Crippen molar-refractivity contribution in [2.24, 2.45) is 0 Å². The lowest BCUT2D eigenvalue weighted by Crippen LogP contribution is -2.50. The van der Waals surface area contributed by atoms with E-state index in [4.69, 9.17) is 11.6 Å². The first kappa shape index (κ1) is 14.5. The Bertz CT molecular complexity index is 566. The number of hydrogen-bond acceptors (Lipinski definition) is 5. The zero-order valence-corrected chi connectivity index (χ0v) is 11.6. The van der Waals surface area contributed by atoms with Gasteiger partial charge in [0.15, 0.2) is 0 Å². The van der Waals surface area contributed by atoms with E-state index in [2.05, 4.69) is 4.98 Å². The standard InChI is InChI=1S/C12H14ClN3O4/c1-2-12(11(17)18)4-3-5-15(12)10-9(13)6-8(7-14-10)16(19)20/h6-7H,2-5H2,1H3,(H,17,18). The van der Waals surface area contributed by atoms with Crippen LogP contribution in [-0.4, -0.2) is 33.1 Å². The van der Waals surface area contributed by atoms with Crippen molar-refractivity contribution in [2.75, 3.05) is 11.4 Å². The summed E-state index contributed by atoms with van der Waals surface area (Å²) in [5, 5.41) is 20.3. The van der Waals surface area contributed by atoms with Gasteiger partial charge in [-0.05, 0) is 19.3 Å². The highest BCUT2D eigenvalue weighted by molar-refractivity contribution is 6.33. The molecule has 1 atom stereocenters. The normalized spacial score (nSPS) is 22.0. The largest absolute Gasteiger partial charge is 0.479 e. The molecule has 1 saturated heterocycles. The maximum atomic E-state index is 11.6. The number of hydrogen-bond donors (Lipinski definition) is 1. The molecule has 0 aliphatic carbocycles. The van der Waals surface area contributed by atoms with Crippen LogP contribution in [0.3, 0.4) is 0 Å². The van der Waals surface area contributed by atoms with Gasteiger partial charge in [-0.1, -0.05) is 18.5 Å². The smallest absolute Gasteiger partial charge is 0.329 e. The molecule has 2 rings (SSSR count). The van der Waals surface area contributed by atoms with Crippen molar-refractivity contribution < 1.29 is 14.8 Å². The average molecular weight is 300 g/mol. The number of rotatable bonds is 4. The maximum absolute atomic E-state index is 11.6. The molecule has 7 nitrogen and oxygen atoms in total. The highest BCUT2D eigenvalue weighted by Gasteiger charge is 2.47. The molecule has 2 heterocycles. The number of nitro groups is 1. The number of nitrogens with zero attached hydrogens (tertiary/aromatic N) is 3. The highest BCUT2D eigenvalue weighted by Crippen LogP contribution is 2.39. The Morgan fingerprint density at radius 2 is 2.40 bits per heavy atom. The van der Waals surface area contributed by atoms with Crippen molar-refractivity contribution in [2.45, 2.75) is 31.7 Å². The maximum Gasteiger partial charge on any atom is 0.329 e. The van der Waals surface area contributed by atoms with Crippen molar-refractivity contribution in [3.05, 3.63) is 27.4 Å². The van der Waals surface area contributed by atoms with Gasteiger partial charge in [-0.25, -0.2) is 9.78 Å². The van der Waals surface area contributed by atoms with Crippen molar-refractivity contribution in [3.8, 4) is 0 Å². The summed E-state index contributed by atoms with van der Waals surface area (Å²) >= 11 is 6.04. The molecular weight excluding hydrogens is 286 g/mol. The van der Waals surface area contributed by atoms with Gasteiger partial charge >= 0.3 is 5.97 Å². The van der Waals surface area contributed by atoms with Crippen LogP contribution in [-0.2, 0) is 4.79 Å². The molecule has 1 aliphatic rings. The van der Waals surface area contributed by atoms with E-state index in [1.54, 1.807) is 11.8 Å². The number of aliphatic carboxylic acids is 1. The molecule has 0 amide bonds. The number of carboxylic acids is 1. The summed E-state index contributed by atoms with van der Waals surface area (Å²) in [6.07, 6.45) is 2.74. The zero-order chi connectivity index (χ0) is 14.9. The summed E-state index contributed by atoms with van der Waals surface area (Å²) in [4.78, 5) is 27.3. The number of anilines is 1. The van der Waals surface area contributed by atoms with Gasteiger partial charge in [0, 0.05) is 12.6 Å². The number of pyridine rings is 1. The summed E-state index contributed by atoms with van der Waals surface area (Å²) in [5.74, 6) is -0.632. The lowest BCUT2D eigenvalue weighted by atomic mass is 9.93. The third-order valence-electron chi connectivity index (χ3n) is 3.75. The molecule has 0 aromatic carbocycles. The molecule has 0 spiro atoms. The van der Waals surface area contributed by atoms with Crippen LogP contribution in [0.15, 0.2) is 12.3 Å². The topological polar surface area (TPSA) is 96.6 Å². The predicted octanol–water partition coefficient (Wildman–Crippen LogP) is 2.48. The Kier molecular flexibility index (Phi) is 3.80. The van der Waals surface area contributed by atoms with Crippen LogP contribution in [0.25, 0.3) is 0 Å². The second-order valence-electron chi connectivity index (χ2n) is 4.70. The molecule has 1 aromatic rings. The third kappa shape index (κ3) is 2.18. The van der Waals surface area contributed by atoms with Crippen molar-refractivity contribution in [1.82, 2.24) is 4.98 Å². The SMILES string of the molecule is CCC1(C(=O)O)CCCN1c1ncc([N+](=O)[O-])cc1Cl. The lowest BCUT2D eigenvalue weighted by Gasteiger charge is -2.35. The summed E-state index contributed by atoms with van der Waals surface area (Å²) in [6, 6.07) is 1.20. The van der Waals surface area contributed by atoms with E-state index >= 15 is 0 Å². The molecule has 8 heteroatoms. The first-order valence-electron chi connectivity index (χ1n) is 6.23. The quantitative estimate of drug-likeness (QED) is 0.677. The van der Waals surface area contributed by atoms with Gasteiger partial charge in [-0.2, -0.15) is 0 Å². The van der Waals surface area contributed by atoms with E-state index in [-0.39, 0.29) is 10.7 Å². The number of halogens is 1. The van der Waals surface area contributed by atoms with Crippen molar-refractivity contribution in [1.29, 1.82) is 0 Å². The van der Waals surface area contributed by atoms with E-state index in [9.17, 15) is 20.0 Å². The Hall–Kier alpha value is -1.89. The highest BCUT2D eigenvalue weighted by atomic mass is 35.5. The first-order valence-corrected chi connectivity index (χ1v) is 6.61. The van der Waals surface area contributed by atoms with Crippen molar-refractivity contribution >= 4 is 29.1 Å². The van der Waals surface area contributed by atoms with Crippen LogP contribution >= 0.6 is 11.6 Å². The van der Waals surface area contributed by atoms with Gasteiger partial charge in [0.1, 0.15) is 17.6 Å².